The van der Waals surface area contributed by atoms with Gasteiger partial charge in [-0.3, -0.25) is 14.5 Å². The van der Waals surface area contributed by atoms with Crippen molar-refractivity contribution in [3.8, 4) is 5.75 Å². The third-order valence-electron chi connectivity index (χ3n) is 4.69. The minimum absolute atomic E-state index is 0.0410. The number of anilines is 1. The van der Waals surface area contributed by atoms with Gasteiger partial charge in [-0.15, -0.1) is 0 Å². The number of fused-ring (bicyclic) bond motifs is 1. The van der Waals surface area contributed by atoms with Gasteiger partial charge in [0.2, 0.25) is 11.8 Å². The monoisotopic (exact) mass is 375 g/mol. The SMILES string of the molecule is CCOc1ccc2nc(N3CC(C(=O)N4CCOCC4)CC3=O)sc2c1. The van der Waals surface area contributed by atoms with Crippen molar-refractivity contribution in [1.29, 1.82) is 0 Å². The van der Waals surface area contributed by atoms with Crippen LogP contribution < -0.4 is 9.64 Å². The van der Waals surface area contributed by atoms with Crippen molar-refractivity contribution in [2.75, 3.05) is 44.4 Å². The van der Waals surface area contributed by atoms with E-state index in [-0.39, 0.29) is 24.2 Å². The molecule has 7 nitrogen and oxygen atoms in total. The smallest absolute Gasteiger partial charge is 0.229 e. The summed E-state index contributed by atoms with van der Waals surface area (Å²) in [5, 5.41) is 0.649. The van der Waals surface area contributed by atoms with Crippen LogP contribution >= 0.6 is 11.3 Å². The molecule has 4 rings (SSSR count). The third-order valence-corrected chi connectivity index (χ3v) is 5.73. The molecule has 0 aliphatic carbocycles. The summed E-state index contributed by atoms with van der Waals surface area (Å²) in [5.41, 5.74) is 0.837. The number of hydrogen-bond donors (Lipinski definition) is 0. The molecule has 1 atom stereocenters. The second-order valence-electron chi connectivity index (χ2n) is 6.40. The summed E-state index contributed by atoms with van der Waals surface area (Å²) in [7, 11) is 0. The lowest BCUT2D eigenvalue weighted by Crippen LogP contribution is -2.44. The van der Waals surface area contributed by atoms with Crippen molar-refractivity contribution < 1.29 is 19.1 Å². The summed E-state index contributed by atoms with van der Waals surface area (Å²) < 4.78 is 11.8. The molecule has 2 amide bonds. The Morgan fingerprint density at radius 1 is 1.38 bits per heavy atom. The summed E-state index contributed by atoms with van der Waals surface area (Å²) in [4.78, 5) is 33.2. The first-order valence-corrected chi connectivity index (χ1v) is 9.67. The van der Waals surface area contributed by atoms with Gasteiger partial charge in [0, 0.05) is 26.1 Å². The van der Waals surface area contributed by atoms with Gasteiger partial charge in [0.25, 0.3) is 0 Å². The number of thiazole rings is 1. The molecule has 2 aromatic rings. The Labute approximate surface area is 155 Å². The van der Waals surface area contributed by atoms with Crippen LogP contribution in [0, 0.1) is 5.92 Å². The molecule has 1 aromatic carbocycles. The molecule has 0 saturated carbocycles. The molecular formula is C18H21N3O4S. The molecule has 26 heavy (non-hydrogen) atoms. The van der Waals surface area contributed by atoms with Crippen LogP contribution in [0.25, 0.3) is 10.2 Å². The van der Waals surface area contributed by atoms with Crippen LogP contribution in [0.2, 0.25) is 0 Å². The Morgan fingerprint density at radius 3 is 2.96 bits per heavy atom. The highest BCUT2D eigenvalue weighted by atomic mass is 32.1. The molecule has 2 saturated heterocycles. The van der Waals surface area contributed by atoms with E-state index >= 15 is 0 Å². The predicted octanol–water partition coefficient (Wildman–Crippen LogP) is 1.91. The number of morpholine rings is 1. The van der Waals surface area contributed by atoms with Gasteiger partial charge in [-0.2, -0.15) is 0 Å². The van der Waals surface area contributed by atoms with Crippen LogP contribution in [0.3, 0.4) is 0 Å². The van der Waals surface area contributed by atoms with E-state index in [1.807, 2.05) is 25.1 Å². The third kappa shape index (κ3) is 3.26. The predicted molar refractivity (Wildman–Crippen MR) is 98.6 cm³/mol. The first kappa shape index (κ1) is 17.2. The van der Waals surface area contributed by atoms with Gasteiger partial charge in [0.05, 0.1) is 36.0 Å². The number of nitrogens with zero attached hydrogens (tertiary/aromatic N) is 3. The number of aromatic nitrogens is 1. The van der Waals surface area contributed by atoms with Gasteiger partial charge in [-0.25, -0.2) is 4.98 Å². The highest BCUT2D eigenvalue weighted by Gasteiger charge is 2.38. The first-order chi connectivity index (χ1) is 12.7. The molecule has 2 aliphatic heterocycles. The molecule has 1 aromatic heterocycles. The topological polar surface area (TPSA) is 72.0 Å². The maximum atomic E-state index is 12.7. The van der Waals surface area contributed by atoms with E-state index in [0.29, 0.717) is 44.6 Å². The fraction of sp³-hybridized carbons (Fsp3) is 0.500. The molecule has 1 unspecified atom stereocenters. The summed E-state index contributed by atoms with van der Waals surface area (Å²) >= 11 is 1.46. The van der Waals surface area contributed by atoms with Crippen molar-refractivity contribution >= 4 is 38.5 Å². The largest absolute Gasteiger partial charge is 0.494 e. The average molecular weight is 375 g/mol. The van der Waals surface area contributed by atoms with Crippen molar-refractivity contribution in [2.24, 2.45) is 5.92 Å². The van der Waals surface area contributed by atoms with Crippen LogP contribution in [0.4, 0.5) is 5.13 Å². The lowest BCUT2D eigenvalue weighted by atomic mass is 10.1. The van der Waals surface area contributed by atoms with Gasteiger partial charge in [0.15, 0.2) is 5.13 Å². The Morgan fingerprint density at radius 2 is 2.19 bits per heavy atom. The number of carbonyl (C=O) groups excluding carboxylic acids is 2. The Balaban J connectivity index is 1.51. The molecule has 8 heteroatoms. The van der Waals surface area contributed by atoms with Crippen molar-refractivity contribution in [3.63, 3.8) is 0 Å². The molecule has 3 heterocycles. The minimum atomic E-state index is -0.299. The van der Waals surface area contributed by atoms with Crippen LogP contribution in [-0.4, -0.2) is 61.2 Å². The van der Waals surface area contributed by atoms with E-state index in [4.69, 9.17) is 9.47 Å². The molecule has 0 radical (unpaired) electrons. The molecule has 138 valence electrons. The highest BCUT2D eigenvalue weighted by Crippen LogP contribution is 2.34. The molecule has 2 fully saturated rings. The number of amides is 2. The number of ether oxygens (including phenoxy) is 2. The van der Waals surface area contributed by atoms with E-state index in [9.17, 15) is 9.59 Å². The number of hydrogen-bond acceptors (Lipinski definition) is 6. The van der Waals surface area contributed by atoms with Gasteiger partial charge < -0.3 is 14.4 Å². The van der Waals surface area contributed by atoms with Crippen molar-refractivity contribution in [3.05, 3.63) is 18.2 Å². The summed E-state index contributed by atoms with van der Waals surface area (Å²) in [6, 6.07) is 5.72. The van der Waals surface area contributed by atoms with Gasteiger partial charge in [0.1, 0.15) is 5.75 Å². The normalized spacial score (nSPS) is 20.8. The minimum Gasteiger partial charge on any atom is -0.494 e. The maximum absolute atomic E-state index is 12.7. The lowest BCUT2D eigenvalue weighted by Gasteiger charge is -2.28. The number of benzene rings is 1. The Bertz CT molecular complexity index is 831. The molecular weight excluding hydrogens is 354 g/mol. The van der Waals surface area contributed by atoms with Crippen molar-refractivity contribution in [1.82, 2.24) is 9.88 Å². The van der Waals surface area contributed by atoms with E-state index in [1.165, 1.54) is 11.3 Å². The molecule has 0 bridgehead atoms. The number of rotatable bonds is 4. The fourth-order valence-electron chi connectivity index (χ4n) is 3.36. The molecule has 0 spiro atoms. The summed E-state index contributed by atoms with van der Waals surface area (Å²) in [5.74, 6) is 0.500. The summed E-state index contributed by atoms with van der Waals surface area (Å²) in [6.45, 7) is 5.28. The highest BCUT2D eigenvalue weighted by molar-refractivity contribution is 7.22. The quantitative estimate of drug-likeness (QED) is 0.816. The van der Waals surface area contributed by atoms with Crippen molar-refractivity contribution in [2.45, 2.75) is 13.3 Å². The fourth-order valence-corrected chi connectivity index (χ4v) is 4.39. The van der Waals surface area contributed by atoms with E-state index in [1.54, 1.807) is 9.80 Å². The van der Waals surface area contributed by atoms with Crippen LogP contribution in [0.1, 0.15) is 13.3 Å². The number of carbonyl (C=O) groups is 2. The zero-order chi connectivity index (χ0) is 18.1. The standard InChI is InChI=1S/C18H21N3O4S/c1-2-25-13-3-4-14-15(10-13)26-18(19-14)21-11-12(9-16(21)22)17(23)20-5-7-24-8-6-20/h3-4,10,12H,2,5-9,11H2,1H3. The summed E-state index contributed by atoms with van der Waals surface area (Å²) in [6.07, 6.45) is 0.246. The zero-order valence-electron chi connectivity index (χ0n) is 14.6. The maximum Gasteiger partial charge on any atom is 0.229 e. The average Bonchev–Trinajstić information content (AvgIpc) is 3.25. The van der Waals surface area contributed by atoms with Crippen LogP contribution in [0.15, 0.2) is 18.2 Å². The van der Waals surface area contributed by atoms with Crippen LogP contribution in [-0.2, 0) is 14.3 Å². The molecule has 2 aliphatic rings. The second kappa shape index (κ2) is 7.20. The van der Waals surface area contributed by atoms with Gasteiger partial charge in [-0.1, -0.05) is 11.3 Å². The lowest BCUT2D eigenvalue weighted by molar-refractivity contribution is -0.139. The van der Waals surface area contributed by atoms with Crippen LogP contribution in [0.5, 0.6) is 5.75 Å². The van der Waals surface area contributed by atoms with E-state index in [2.05, 4.69) is 4.98 Å². The first-order valence-electron chi connectivity index (χ1n) is 8.86. The second-order valence-corrected chi connectivity index (χ2v) is 7.41. The van der Waals surface area contributed by atoms with Gasteiger partial charge >= 0.3 is 0 Å². The van der Waals surface area contributed by atoms with E-state index in [0.717, 1.165) is 16.0 Å². The Hall–Kier alpha value is -2.19. The van der Waals surface area contributed by atoms with E-state index < -0.39 is 0 Å². The van der Waals surface area contributed by atoms with Gasteiger partial charge in [-0.05, 0) is 25.1 Å². The molecule has 0 N–H and O–H groups in total. The Kier molecular flexibility index (Phi) is 4.78. The zero-order valence-corrected chi connectivity index (χ0v) is 15.5.